The van der Waals surface area contributed by atoms with Crippen molar-refractivity contribution in [2.24, 2.45) is 0 Å². The number of aromatic nitrogens is 6. The maximum atomic E-state index is 13.9. The second kappa shape index (κ2) is 8.43. The molecule has 0 aromatic carbocycles. The third kappa shape index (κ3) is 4.26. The Bertz CT molecular complexity index is 1320. The molecule has 8 nitrogen and oxygen atoms in total. The van der Waals surface area contributed by atoms with E-state index in [1.165, 1.54) is 0 Å². The van der Waals surface area contributed by atoms with Crippen LogP contribution in [0.3, 0.4) is 0 Å². The fourth-order valence-electron chi connectivity index (χ4n) is 5.42. The van der Waals surface area contributed by atoms with E-state index in [1.54, 1.807) is 4.57 Å². The van der Waals surface area contributed by atoms with Crippen molar-refractivity contribution in [2.45, 2.75) is 95.2 Å². The van der Waals surface area contributed by atoms with Crippen LogP contribution in [-0.4, -0.2) is 41.8 Å². The number of alkyl halides is 2. The van der Waals surface area contributed by atoms with Gasteiger partial charge in [-0.25, -0.2) is 23.7 Å². The van der Waals surface area contributed by atoms with Gasteiger partial charge in [0.25, 0.3) is 5.56 Å². The van der Waals surface area contributed by atoms with Gasteiger partial charge < -0.3 is 4.74 Å². The van der Waals surface area contributed by atoms with Gasteiger partial charge in [-0.15, -0.1) is 0 Å². The SMILES string of the molecule is Cc1nc2nc([C@H]3CCO[C@@H](c4cnn(C5CC5)c4)C3)c(=O)n(C3CCC(F)(F)CC3)c2nc1C. The Kier molecular flexibility index (Phi) is 5.47. The first-order valence-corrected chi connectivity index (χ1v) is 12.6. The summed E-state index contributed by atoms with van der Waals surface area (Å²) in [5.74, 6) is -2.79. The van der Waals surface area contributed by atoms with Gasteiger partial charge in [-0.2, -0.15) is 5.10 Å². The molecule has 186 valence electrons. The van der Waals surface area contributed by atoms with Crippen LogP contribution in [0, 0.1) is 13.8 Å². The molecule has 2 aliphatic carbocycles. The van der Waals surface area contributed by atoms with Crippen LogP contribution < -0.4 is 5.56 Å². The Balaban J connectivity index is 1.38. The van der Waals surface area contributed by atoms with Crippen LogP contribution in [0.2, 0.25) is 0 Å². The fourth-order valence-corrected chi connectivity index (χ4v) is 5.42. The number of halogens is 2. The molecule has 0 N–H and O–H groups in total. The van der Waals surface area contributed by atoms with Gasteiger partial charge in [0.05, 0.1) is 29.7 Å². The largest absolute Gasteiger partial charge is 0.373 e. The van der Waals surface area contributed by atoms with Gasteiger partial charge >= 0.3 is 0 Å². The molecule has 3 aliphatic rings. The molecule has 0 spiro atoms. The van der Waals surface area contributed by atoms with Crippen LogP contribution in [0.25, 0.3) is 11.3 Å². The Morgan fingerprint density at radius 1 is 1.00 bits per heavy atom. The summed E-state index contributed by atoms with van der Waals surface area (Å²) in [5, 5.41) is 4.49. The van der Waals surface area contributed by atoms with Crippen LogP contribution in [0.15, 0.2) is 17.2 Å². The van der Waals surface area contributed by atoms with Crippen LogP contribution in [0.5, 0.6) is 0 Å². The number of aryl methyl sites for hydroxylation is 2. The lowest BCUT2D eigenvalue weighted by Crippen LogP contribution is -2.36. The lowest BCUT2D eigenvalue weighted by atomic mass is 9.89. The van der Waals surface area contributed by atoms with Crippen molar-refractivity contribution in [3.05, 3.63) is 45.4 Å². The molecule has 1 aliphatic heterocycles. The number of nitrogens with zero attached hydrogens (tertiary/aromatic N) is 6. The highest BCUT2D eigenvalue weighted by atomic mass is 19.3. The first-order valence-electron chi connectivity index (χ1n) is 12.6. The van der Waals surface area contributed by atoms with Crippen molar-refractivity contribution >= 4 is 11.3 Å². The maximum Gasteiger partial charge on any atom is 0.274 e. The van der Waals surface area contributed by atoms with Gasteiger partial charge in [-0.05, 0) is 52.4 Å². The monoisotopic (exact) mass is 484 g/mol. The molecule has 0 bridgehead atoms. The van der Waals surface area contributed by atoms with E-state index < -0.39 is 5.92 Å². The zero-order valence-corrected chi connectivity index (χ0v) is 20.1. The van der Waals surface area contributed by atoms with Crippen LogP contribution >= 0.6 is 0 Å². The second-order valence-electron chi connectivity index (χ2n) is 10.4. The minimum absolute atomic E-state index is 0.116. The third-order valence-corrected chi connectivity index (χ3v) is 7.80. The molecule has 4 heterocycles. The first kappa shape index (κ1) is 22.7. The summed E-state index contributed by atoms with van der Waals surface area (Å²) in [6, 6.07) is 0.154. The van der Waals surface area contributed by atoms with Crippen molar-refractivity contribution in [3.63, 3.8) is 0 Å². The zero-order valence-electron chi connectivity index (χ0n) is 20.1. The van der Waals surface area contributed by atoms with Gasteiger partial charge in [-0.1, -0.05) is 0 Å². The standard InChI is InChI=1S/C25H30F2N6O2/c1-14-15(2)30-23-22(29-14)31-21(24(34)33(23)19-5-8-25(26,27)9-6-19)16-7-10-35-20(11-16)17-12-28-32(13-17)18-3-4-18/h12-13,16,18-20H,3-11H2,1-2H3/t16-,20+/m0/s1. The fraction of sp³-hybridized carbons (Fsp3) is 0.640. The highest BCUT2D eigenvalue weighted by molar-refractivity contribution is 5.66. The molecule has 1 saturated heterocycles. The Morgan fingerprint density at radius 3 is 2.49 bits per heavy atom. The van der Waals surface area contributed by atoms with E-state index in [0.717, 1.165) is 24.1 Å². The van der Waals surface area contributed by atoms with Crippen LogP contribution in [-0.2, 0) is 4.74 Å². The molecule has 6 rings (SSSR count). The van der Waals surface area contributed by atoms with Crippen molar-refractivity contribution in [3.8, 4) is 0 Å². The van der Waals surface area contributed by atoms with E-state index in [4.69, 9.17) is 9.72 Å². The van der Waals surface area contributed by atoms with Crippen molar-refractivity contribution in [2.75, 3.05) is 6.61 Å². The predicted molar refractivity (Wildman–Crippen MR) is 125 cm³/mol. The number of rotatable bonds is 4. The highest BCUT2D eigenvalue weighted by Gasteiger charge is 2.38. The molecule has 35 heavy (non-hydrogen) atoms. The van der Waals surface area contributed by atoms with Crippen molar-refractivity contribution in [1.82, 2.24) is 29.3 Å². The smallest absolute Gasteiger partial charge is 0.274 e. The molecular weight excluding hydrogens is 454 g/mol. The van der Waals surface area contributed by atoms with E-state index in [9.17, 15) is 13.6 Å². The second-order valence-corrected chi connectivity index (χ2v) is 10.4. The quantitative estimate of drug-likeness (QED) is 0.533. The Morgan fingerprint density at radius 2 is 1.74 bits per heavy atom. The number of ether oxygens (including phenoxy) is 1. The number of hydrogen-bond acceptors (Lipinski definition) is 6. The minimum atomic E-state index is -2.68. The minimum Gasteiger partial charge on any atom is -0.373 e. The summed E-state index contributed by atoms with van der Waals surface area (Å²) in [4.78, 5) is 27.9. The summed E-state index contributed by atoms with van der Waals surface area (Å²) < 4.78 is 37.5. The van der Waals surface area contributed by atoms with Crippen molar-refractivity contribution in [1.29, 1.82) is 0 Å². The van der Waals surface area contributed by atoms with E-state index in [-0.39, 0.29) is 49.3 Å². The molecule has 3 aromatic rings. The van der Waals surface area contributed by atoms with Crippen LogP contribution in [0.4, 0.5) is 8.78 Å². The molecule has 0 radical (unpaired) electrons. The third-order valence-electron chi connectivity index (χ3n) is 7.80. The summed E-state index contributed by atoms with van der Waals surface area (Å²) in [5.41, 5.74) is 3.48. The Labute approximate surface area is 201 Å². The van der Waals surface area contributed by atoms with Crippen LogP contribution in [0.1, 0.15) is 98.1 Å². The topological polar surface area (TPSA) is 87.7 Å². The highest BCUT2D eigenvalue weighted by Crippen LogP contribution is 2.41. The van der Waals surface area contributed by atoms with Gasteiger partial charge in [0.15, 0.2) is 11.3 Å². The molecule has 3 aromatic heterocycles. The molecule has 0 unspecified atom stereocenters. The number of hydrogen-bond donors (Lipinski definition) is 0. The zero-order chi connectivity index (χ0) is 24.3. The van der Waals surface area contributed by atoms with E-state index in [2.05, 4.69) is 21.3 Å². The van der Waals surface area contributed by atoms with E-state index >= 15 is 0 Å². The molecule has 2 atom stereocenters. The Hall–Kier alpha value is -2.75. The van der Waals surface area contributed by atoms with Crippen molar-refractivity contribution < 1.29 is 13.5 Å². The number of fused-ring (bicyclic) bond motifs is 1. The van der Waals surface area contributed by atoms with Gasteiger partial charge in [-0.3, -0.25) is 14.0 Å². The van der Waals surface area contributed by atoms with E-state index in [0.29, 0.717) is 48.2 Å². The summed E-state index contributed by atoms with van der Waals surface area (Å²) >= 11 is 0. The molecular formula is C25H30F2N6O2. The molecule has 3 fully saturated rings. The average Bonchev–Trinajstić information content (AvgIpc) is 3.57. The molecule has 10 heteroatoms. The van der Waals surface area contributed by atoms with Gasteiger partial charge in [0.1, 0.15) is 5.69 Å². The normalized spacial score (nSPS) is 25.3. The van der Waals surface area contributed by atoms with Gasteiger partial charge in [0, 0.05) is 43.2 Å². The predicted octanol–water partition coefficient (Wildman–Crippen LogP) is 4.72. The summed E-state index contributed by atoms with van der Waals surface area (Å²) in [6.07, 6.45) is 7.35. The first-order chi connectivity index (χ1) is 16.8. The summed E-state index contributed by atoms with van der Waals surface area (Å²) in [6.45, 7) is 4.21. The lowest BCUT2D eigenvalue weighted by Gasteiger charge is -2.32. The molecule has 2 saturated carbocycles. The average molecular weight is 485 g/mol. The summed E-state index contributed by atoms with van der Waals surface area (Å²) in [7, 11) is 0. The maximum absolute atomic E-state index is 13.9. The van der Waals surface area contributed by atoms with Gasteiger partial charge in [0.2, 0.25) is 5.92 Å². The molecule has 0 amide bonds. The van der Waals surface area contributed by atoms with E-state index in [1.807, 2.05) is 24.7 Å². The lowest BCUT2D eigenvalue weighted by molar-refractivity contribution is -0.0440.